The van der Waals surface area contributed by atoms with Crippen molar-refractivity contribution in [2.75, 3.05) is 24.7 Å². The Morgan fingerprint density at radius 1 is 1.35 bits per heavy atom. The predicted octanol–water partition coefficient (Wildman–Crippen LogP) is 3.88. The molecule has 6 heteroatoms. The third kappa shape index (κ3) is 4.46. The standard InChI is InChI=1S/C17H21N3OS2/c1-4-5-10-22-17-14(11-18)15(21)19-16(23-17)12-6-8-13(9-7-12)20(2)3/h6-9,16H,4-5,10H2,1-3H3,(H,19,21)/t16-/m0/s1. The molecule has 1 amide bonds. The predicted molar refractivity (Wildman–Crippen MR) is 99.2 cm³/mol. The number of benzene rings is 1. The van der Waals surface area contributed by atoms with Crippen LogP contribution >= 0.6 is 23.5 Å². The summed E-state index contributed by atoms with van der Waals surface area (Å²) < 4.78 is 0.839. The Kier molecular flexibility index (Phi) is 6.43. The Bertz CT molecular complexity index is 632. The molecular formula is C17H21N3OS2. The summed E-state index contributed by atoms with van der Waals surface area (Å²) in [5.74, 6) is 0.663. The molecule has 0 aliphatic carbocycles. The molecule has 23 heavy (non-hydrogen) atoms. The third-order valence-corrected chi connectivity index (χ3v) is 6.12. The van der Waals surface area contributed by atoms with Gasteiger partial charge in [-0.15, -0.1) is 11.8 Å². The zero-order valence-electron chi connectivity index (χ0n) is 13.6. The molecule has 1 aromatic carbocycles. The van der Waals surface area contributed by atoms with Crippen LogP contribution in [0.4, 0.5) is 5.69 Å². The fourth-order valence-corrected chi connectivity index (χ4v) is 4.73. The molecule has 4 nitrogen and oxygen atoms in total. The van der Waals surface area contributed by atoms with Crippen LogP contribution in [-0.4, -0.2) is 25.8 Å². The molecule has 1 aliphatic heterocycles. The van der Waals surface area contributed by atoms with E-state index >= 15 is 0 Å². The van der Waals surface area contributed by atoms with E-state index in [0.29, 0.717) is 0 Å². The topological polar surface area (TPSA) is 56.1 Å². The molecule has 1 N–H and O–H groups in total. The molecule has 1 heterocycles. The molecule has 122 valence electrons. The lowest BCUT2D eigenvalue weighted by Crippen LogP contribution is -2.31. The van der Waals surface area contributed by atoms with Gasteiger partial charge in [-0.1, -0.05) is 37.2 Å². The van der Waals surface area contributed by atoms with Gasteiger partial charge in [0.2, 0.25) is 0 Å². The number of thioether (sulfide) groups is 2. The number of rotatable bonds is 6. The van der Waals surface area contributed by atoms with Gasteiger partial charge in [0.05, 0.1) is 4.24 Å². The van der Waals surface area contributed by atoms with Crippen LogP contribution in [0.1, 0.15) is 30.7 Å². The van der Waals surface area contributed by atoms with Crippen LogP contribution < -0.4 is 10.2 Å². The molecular weight excluding hydrogens is 326 g/mol. The van der Waals surface area contributed by atoms with Crippen molar-refractivity contribution in [1.29, 1.82) is 5.26 Å². The Balaban J connectivity index is 2.18. The highest BCUT2D eigenvalue weighted by Crippen LogP contribution is 2.44. The van der Waals surface area contributed by atoms with Crippen molar-refractivity contribution in [3.63, 3.8) is 0 Å². The second-order valence-electron chi connectivity index (χ2n) is 5.43. The quantitative estimate of drug-likeness (QED) is 0.791. The van der Waals surface area contributed by atoms with Crippen LogP contribution in [0.25, 0.3) is 0 Å². The summed E-state index contributed by atoms with van der Waals surface area (Å²) in [6.07, 6.45) is 2.19. The van der Waals surface area contributed by atoms with Crippen LogP contribution in [-0.2, 0) is 4.79 Å². The highest BCUT2D eigenvalue weighted by molar-refractivity contribution is 8.22. The number of hydrogen-bond donors (Lipinski definition) is 1. The van der Waals surface area contributed by atoms with E-state index in [1.54, 1.807) is 23.5 Å². The van der Waals surface area contributed by atoms with Crippen LogP contribution in [0.5, 0.6) is 0 Å². The summed E-state index contributed by atoms with van der Waals surface area (Å²) >= 11 is 3.18. The number of hydrogen-bond acceptors (Lipinski definition) is 5. The van der Waals surface area contributed by atoms with Crippen LogP contribution in [0.3, 0.4) is 0 Å². The van der Waals surface area contributed by atoms with Gasteiger partial charge in [0.15, 0.2) is 0 Å². The number of nitrogens with zero attached hydrogens (tertiary/aromatic N) is 2. The minimum absolute atomic E-state index is 0.139. The van der Waals surface area contributed by atoms with Crippen molar-refractivity contribution in [3.8, 4) is 6.07 Å². The summed E-state index contributed by atoms with van der Waals surface area (Å²) in [7, 11) is 3.99. The summed E-state index contributed by atoms with van der Waals surface area (Å²) in [4.78, 5) is 14.2. The summed E-state index contributed by atoms with van der Waals surface area (Å²) in [5.41, 5.74) is 2.41. The second-order valence-corrected chi connectivity index (χ2v) is 7.91. The van der Waals surface area contributed by atoms with E-state index < -0.39 is 0 Å². The van der Waals surface area contributed by atoms with E-state index in [9.17, 15) is 10.1 Å². The highest BCUT2D eigenvalue weighted by atomic mass is 32.2. The van der Waals surface area contributed by atoms with Gasteiger partial charge in [-0.3, -0.25) is 4.79 Å². The maximum absolute atomic E-state index is 12.2. The van der Waals surface area contributed by atoms with Crippen molar-refractivity contribution in [2.45, 2.75) is 25.1 Å². The number of nitrogens with one attached hydrogen (secondary N) is 1. The second kappa shape index (κ2) is 8.32. The lowest BCUT2D eigenvalue weighted by molar-refractivity contribution is -0.117. The SMILES string of the molecule is CCCCSC1=C(C#N)C(=O)N[C@H](c2ccc(N(C)C)cc2)S1. The molecule has 0 unspecified atom stereocenters. The molecule has 0 spiro atoms. The molecule has 1 aliphatic rings. The van der Waals surface area contributed by atoms with E-state index in [-0.39, 0.29) is 16.9 Å². The van der Waals surface area contributed by atoms with Gasteiger partial charge in [-0.25, -0.2) is 0 Å². The van der Waals surface area contributed by atoms with E-state index in [0.717, 1.165) is 34.1 Å². The Morgan fingerprint density at radius 2 is 2.04 bits per heavy atom. The Morgan fingerprint density at radius 3 is 2.61 bits per heavy atom. The Hall–Kier alpha value is -1.58. The van der Waals surface area contributed by atoms with Crippen molar-refractivity contribution in [2.24, 2.45) is 0 Å². The first kappa shape index (κ1) is 17.8. The summed E-state index contributed by atoms with van der Waals surface area (Å²) in [6, 6.07) is 10.2. The molecule has 0 bridgehead atoms. The number of carbonyl (C=O) groups excluding carboxylic acids is 1. The van der Waals surface area contributed by atoms with Gasteiger partial charge in [-0.2, -0.15) is 5.26 Å². The highest BCUT2D eigenvalue weighted by Gasteiger charge is 2.28. The van der Waals surface area contributed by atoms with Crippen molar-refractivity contribution in [1.82, 2.24) is 5.32 Å². The van der Waals surface area contributed by atoms with Gasteiger partial charge in [-0.05, 0) is 29.9 Å². The zero-order chi connectivity index (χ0) is 16.8. The minimum Gasteiger partial charge on any atom is -0.378 e. The first-order valence-electron chi connectivity index (χ1n) is 7.58. The van der Waals surface area contributed by atoms with E-state index in [1.165, 1.54) is 0 Å². The lowest BCUT2D eigenvalue weighted by atomic mass is 10.2. The minimum atomic E-state index is -0.271. The maximum atomic E-state index is 12.2. The van der Waals surface area contributed by atoms with E-state index in [2.05, 4.69) is 12.2 Å². The average Bonchev–Trinajstić information content (AvgIpc) is 2.55. The summed E-state index contributed by atoms with van der Waals surface area (Å²) in [6.45, 7) is 2.13. The largest absolute Gasteiger partial charge is 0.378 e. The smallest absolute Gasteiger partial charge is 0.264 e. The zero-order valence-corrected chi connectivity index (χ0v) is 15.3. The third-order valence-electron chi connectivity index (χ3n) is 3.47. The molecule has 0 saturated heterocycles. The molecule has 0 radical (unpaired) electrons. The number of carbonyl (C=O) groups is 1. The lowest BCUT2D eigenvalue weighted by Gasteiger charge is -2.25. The van der Waals surface area contributed by atoms with Gasteiger partial charge in [0.25, 0.3) is 5.91 Å². The molecule has 1 atom stereocenters. The molecule has 1 aromatic rings. The monoisotopic (exact) mass is 347 g/mol. The first-order valence-corrected chi connectivity index (χ1v) is 9.45. The van der Waals surface area contributed by atoms with E-state index in [4.69, 9.17) is 0 Å². The molecule has 0 fully saturated rings. The normalized spacial score (nSPS) is 17.7. The van der Waals surface area contributed by atoms with Crippen molar-refractivity contribution >= 4 is 35.1 Å². The van der Waals surface area contributed by atoms with Crippen molar-refractivity contribution < 1.29 is 4.79 Å². The number of unbranched alkanes of at least 4 members (excludes halogenated alkanes) is 1. The molecule has 0 aromatic heterocycles. The van der Waals surface area contributed by atoms with Crippen LogP contribution in [0.2, 0.25) is 0 Å². The Labute approximate surface area is 146 Å². The maximum Gasteiger partial charge on any atom is 0.264 e. The number of nitriles is 1. The van der Waals surface area contributed by atoms with Gasteiger partial charge < -0.3 is 10.2 Å². The van der Waals surface area contributed by atoms with Gasteiger partial charge in [0.1, 0.15) is 17.0 Å². The van der Waals surface area contributed by atoms with Crippen LogP contribution in [0.15, 0.2) is 34.1 Å². The van der Waals surface area contributed by atoms with Gasteiger partial charge in [0, 0.05) is 19.8 Å². The number of amides is 1. The number of anilines is 1. The molecule has 0 saturated carbocycles. The first-order chi connectivity index (χ1) is 11.1. The van der Waals surface area contributed by atoms with E-state index in [1.807, 2.05) is 49.3 Å². The fourth-order valence-electron chi connectivity index (χ4n) is 2.09. The van der Waals surface area contributed by atoms with Crippen LogP contribution in [0, 0.1) is 11.3 Å². The van der Waals surface area contributed by atoms with Crippen molar-refractivity contribution in [3.05, 3.63) is 39.6 Å². The average molecular weight is 348 g/mol. The van der Waals surface area contributed by atoms with Gasteiger partial charge >= 0.3 is 0 Å². The molecule has 2 rings (SSSR count). The summed E-state index contributed by atoms with van der Waals surface area (Å²) in [5, 5.41) is 12.0. The fraction of sp³-hybridized carbons (Fsp3) is 0.412.